The van der Waals surface area contributed by atoms with E-state index in [1.54, 1.807) is 4.90 Å². The first kappa shape index (κ1) is 21.9. The average Bonchev–Trinajstić information content (AvgIpc) is 3.40. The Morgan fingerprint density at radius 3 is 2.71 bits per heavy atom. The van der Waals surface area contributed by atoms with Gasteiger partial charge in [0.2, 0.25) is 11.8 Å². The molecule has 34 heavy (non-hydrogen) atoms. The van der Waals surface area contributed by atoms with Gasteiger partial charge < -0.3 is 24.9 Å². The minimum Gasteiger partial charge on any atom is -0.388 e. The fraction of sp³-hybridized carbons (Fsp3) is 0.435. The molecule has 1 fully saturated rings. The van der Waals surface area contributed by atoms with Crippen LogP contribution in [0, 0.1) is 0 Å². The van der Waals surface area contributed by atoms with Gasteiger partial charge in [-0.05, 0) is 44.9 Å². The van der Waals surface area contributed by atoms with E-state index in [-0.39, 0.29) is 17.8 Å². The van der Waals surface area contributed by atoms with Crippen LogP contribution in [0.15, 0.2) is 33.5 Å². The van der Waals surface area contributed by atoms with Gasteiger partial charge in [0.25, 0.3) is 5.91 Å². The van der Waals surface area contributed by atoms with E-state index in [9.17, 15) is 9.59 Å². The molecule has 2 aromatic heterocycles. The normalized spacial score (nSPS) is 17.4. The van der Waals surface area contributed by atoms with Crippen molar-refractivity contribution < 1.29 is 9.21 Å². The van der Waals surface area contributed by atoms with Crippen LogP contribution >= 0.6 is 0 Å². The van der Waals surface area contributed by atoms with Gasteiger partial charge in [-0.3, -0.25) is 4.79 Å². The molecule has 1 amide bonds. The summed E-state index contributed by atoms with van der Waals surface area (Å²) >= 11 is 0. The maximum atomic E-state index is 14.0. The van der Waals surface area contributed by atoms with Crippen molar-refractivity contribution in [3.63, 3.8) is 0 Å². The summed E-state index contributed by atoms with van der Waals surface area (Å²) in [4.78, 5) is 39.1. The second-order valence-corrected chi connectivity index (χ2v) is 8.41. The Balaban J connectivity index is 1.62. The van der Waals surface area contributed by atoms with Gasteiger partial charge in [-0.2, -0.15) is 14.6 Å². The third kappa shape index (κ3) is 3.76. The third-order valence-corrected chi connectivity index (χ3v) is 6.16. The number of carbonyl (C=O) groups excluding carboxylic acids is 1. The zero-order valence-electron chi connectivity index (χ0n) is 19.5. The van der Waals surface area contributed by atoms with Crippen LogP contribution in [0.3, 0.4) is 0 Å². The second kappa shape index (κ2) is 8.81. The molecule has 0 bridgehead atoms. The fourth-order valence-corrected chi connectivity index (χ4v) is 4.61. The molecule has 2 aliphatic rings. The first-order valence-corrected chi connectivity index (χ1v) is 11.6. The van der Waals surface area contributed by atoms with Crippen molar-refractivity contribution in [2.45, 2.75) is 32.7 Å². The summed E-state index contributed by atoms with van der Waals surface area (Å²) in [7, 11) is 1.53. The molecule has 1 unspecified atom stereocenters. The number of aryl methyl sites for hydroxylation is 1. The van der Waals surface area contributed by atoms with Crippen molar-refractivity contribution in [2.75, 3.05) is 46.6 Å². The molecule has 0 saturated carbocycles. The number of anilines is 4. The molecule has 0 spiro atoms. The average molecular weight is 465 g/mol. The Bertz CT molecular complexity index is 1280. The van der Waals surface area contributed by atoms with Gasteiger partial charge in [0, 0.05) is 50.5 Å². The zero-order chi connectivity index (χ0) is 23.8. The van der Waals surface area contributed by atoms with Crippen LogP contribution in [0.2, 0.25) is 0 Å². The van der Waals surface area contributed by atoms with Crippen LogP contribution in [0.4, 0.5) is 23.3 Å². The second-order valence-electron chi connectivity index (χ2n) is 8.41. The highest BCUT2D eigenvalue weighted by molar-refractivity contribution is 6.13. The lowest BCUT2D eigenvalue weighted by Crippen LogP contribution is -2.39. The lowest BCUT2D eigenvalue weighted by atomic mass is 10.1. The Kier molecular flexibility index (Phi) is 5.68. The van der Waals surface area contributed by atoms with Gasteiger partial charge in [-0.15, -0.1) is 5.10 Å². The molecule has 11 heteroatoms. The molecular formula is C23H28N8O3. The Hall–Kier alpha value is -3.89. The molecule has 178 valence electrons. The van der Waals surface area contributed by atoms with Gasteiger partial charge in [0.15, 0.2) is 0 Å². The lowest BCUT2D eigenvalue weighted by Gasteiger charge is -2.27. The van der Waals surface area contributed by atoms with Crippen LogP contribution in [-0.2, 0) is 7.05 Å². The summed E-state index contributed by atoms with van der Waals surface area (Å²) in [5.74, 6) is 1.22. The first-order chi connectivity index (χ1) is 16.5. The highest BCUT2D eigenvalue weighted by atomic mass is 16.4. The van der Waals surface area contributed by atoms with Gasteiger partial charge >= 0.3 is 5.76 Å². The predicted octanol–water partition coefficient (Wildman–Crippen LogP) is 2.32. The summed E-state index contributed by atoms with van der Waals surface area (Å²) < 4.78 is 6.40. The number of carbonyl (C=O) groups is 1. The molecular weight excluding hydrogens is 436 g/mol. The van der Waals surface area contributed by atoms with Crippen molar-refractivity contribution in [1.82, 2.24) is 19.7 Å². The maximum absolute atomic E-state index is 14.0. The summed E-state index contributed by atoms with van der Waals surface area (Å²) in [5, 5.41) is 10.6. The van der Waals surface area contributed by atoms with E-state index < -0.39 is 5.76 Å². The summed E-state index contributed by atoms with van der Waals surface area (Å²) in [6.45, 7) is 6.64. The van der Waals surface area contributed by atoms with Crippen molar-refractivity contribution in [3.8, 4) is 11.5 Å². The smallest absolute Gasteiger partial charge is 0.388 e. The van der Waals surface area contributed by atoms with Gasteiger partial charge in [0.1, 0.15) is 17.2 Å². The van der Waals surface area contributed by atoms with Crippen LogP contribution in [0.25, 0.3) is 11.5 Å². The van der Waals surface area contributed by atoms with E-state index in [0.29, 0.717) is 54.0 Å². The van der Waals surface area contributed by atoms with Crippen molar-refractivity contribution in [1.29, 1.82) is 0 Å². The largest absolute Gasteiger partial charge is 0.437 e. The number of hydrogen-bond donors (Lipinski definition) is 2. The number of nitrogens with one attached hydrogen (secondary N) is 2. The molecule has 11 nitrogen and oxygen atoms in total. The van der Waals surface area contributed by atoms with E-state index >= 15 is 0 Å². The molecule has 1 aromatic carbocycles. The SMILES string of the molecule is CCNc1nc(NCC)c2c(n1)N1CCCC1CN(c1cccc(-c3nn(C)c(=O)o3)c1)C2=O. The Morgan fingerprint density at radius 1 is 1.15 bits per heavy atom. The molecule has 2 N–H and O–H groups in total. The third-order valence-electron chi connectivity index (χ3n) is 6.16. The summed E-state index contributed by atoms with van der Waals surface area (Å²) in [6, 6.07) is 7.49. The number of fused-ring (bicyclic) bond motifs is 3. The topological polar surface area (TPSA) is 121 Å². The molecule has 0 radical (unpaired) electrons. The molecule has 1 saturated heterocycles. The van der Waals surface area contributed by atoms with Crippen molar-refractivity contribution in [3.05, 3.63) is 40.4 Å². The van der Waals surface area contributed by atoms with E-state index in [1.165, 1.54) is 7.05 Å². The standard InChI is InChI=1S/C23H28N8O3/c1-4-24-18-17-19(27-22(26-18)25-5-2)30-11-7-10-16(30)13-31(21(17)32)15-9-6-8-14(12-15)20-28-29(3)23(33)34-20/h6,8-9,12,16H,4-5,7,10-11,13H2,1-3H3,(H2,24,25,26,27). The summed E-state index contributed by atoms with van der Waals surface area (Å²) in [5.41, 5.74) is 1.80. The van der Waals surface area contributed by atoms with E-state index in [2.05, 4.69) is 25.6 Å². The highest BCUT2D eigenvalue weighted by Crippen LogP contribution is 2.37. The minimum atomic E-state index is -0.536. The van der Waals surface area contributed by atoms with Crippen LogP contribution in [0.5, 0.6) is 0 Å². The Morgan fingerprint density at radius 2 is 1.97 bits per heavy atom. The number of rotatable bonds is 6. The van der Waals surface area contributed by atoms with E-state index in [1.807, 2.05) is 38.1 Å². The van der Waals surface area contributed by atoms with Crippen LogP contribution in [-0.4, -0.2) is 57.9 Å². The molecule has 5 rings (SSSR count). The number of nitrogens with zero attached hydrogens (tertiary/aromatic N) is 6. The molecule has 1 atom stereocenters. The first-order valence-electron chi connectivity index (χ1n) is 11.6. The fourth-order valence-electron chi connectivity index (χ4n) is 4.61. The number of aromatic nitrogens is 4. The number of amides is 1. The number of hydrogen-bond acceptors (Lipinski definition) is 9. The highest BCUT2D eigenvalue weighted by Gasteiger charge is 2.39. The Labute approximate surface area is 196 Å². The van der Waals surface area contributed by atoms with E-state index in [4.69, 9.17) is 9.40 Å². The molecule has 3 aromatic rings. The lowest BCUT2D eigenvalue weighted by molar-refractivity contribution is 0.0989. The zero-order valence-corrected chi connectivity index (χ0v) is 19.5. The minimum absolute atomic E-state index is 0.139. The maximum Gasteiger partial charge on any atom is 0.437 e. The summed E-state index contributed by atoms with van der Waals surface area (Å²) in [6.07, 6.45) is 2.00. The number of benzene rings is 1. The van der Waals surface area contributed by atoms with E-state index in [0.717, 1.165) is 24.1 Å². The predicted molar refractivity (Wildman–Crippen MR) is 130 cm³/mol. The van der Waals surface area contributed by atoms with Gasteiger partial charge in [0.05, 0.1) is 0 Å². The molecule has 4 heterocycles. The van der Waals surface area contributed by atoms with Crippen molar-refractivity contribution in [2.24, 2.45) is 7.05 Å². The van der Waals surface area contributed by atoms with Gasteiger partial charge in [-0.25, -0.2) is 4.79 Å². The van der Waals surface area contributed by atoms with Crippen LogP contribution < -0.4 is 26.2 Å². The monoisotopic (exact) mass is 464 g/mol. The van der Waals surface area contributed by atoms with Crippen LogP contribution in [0.1, 0.15) is 37.0 Å². The van der Waals surface area contributed by atoms with Gasteiger partial charge in [-0.1, -0.05) is 6.07 Å². The molecule has 0 aliphatic carbocycles. The molecule has 2 aliphatic heterocycles. The quantitative estimate of drug-likeness (QED) is 0.566. The van der Waals surface area contributed by atoms with Crippen molar-refractivity contribution >= 4 is 29.2 Å².